The summed E-state index contributed by atoms with van der Waals surface area (Å²) in [6, 6.07) is 2.32. The summed E-state index contributed by atoms with van der Waals surface area (Å²) in [7, 11) is 0. The molecule has 2 aromatic rings. The number of aromatic nitrogens is 1. The molecule has 126 valence electrons. The van der Waals surface area contributed by atoms with Gasteiger partial charge in [0.25, 0.3) is 0 Å². The summed E-state index contributed by atoms with van der Waals surface area (Å²) in [6.07, 6.45) is 7.02. The second-order valence-electron chi connectivity index (χ2n) is 6.19. The molecule has 1 aliphatic carbocycles. The SMILES string of the molecule is Cc1nc(CC(=O)Nc2sc3c(c2C#N)CCCCCC3)c(C)s1. The number of carbonyl (C=O) groups excluding carboxylic acids is 1. The zero-order chi connectivity index (χ0) is 17.1. The highest BCUT2D eigenvalue weighted by molar-refractivity contribution is 7.16. The molecule has 24 heavy (non-hydrogen) atoms. The monoisotopic (exact) mass is 359 g/mol. The van der Waals surface area contributed by atoms with E-state index in [2.05, 4.69) is 16.4 Å². The first-order valence-corrected chi connectivity index (χ1v) is 9.99. The number of thiophene rings is 1. The maximum absolute atomic E-state index is 12.4. The van der Waals surface area contributed by atoms with E-state index in [4.69, 9.17) is 0 Å². The molecule has 1 N–H and O–H groups in total. The van der Waals surface area contributed by atoms with E-state index in [9.17, 15) is 10.1 Å². The molecule has 0 spiro atoms. The number of thiazole rings is 1. The molecule has 1 amide bonds. The Hall–Kier alpha value is -1.71. The van der Waals surface area contributed by atoms with Gasteiger partial charge in [0.15, 0.2) is 0 Å². The minimum absolute atomic E-state index is 0.0888. The van der Waals surface area contributed by atoms with Gasteiger partial charge in [-0.25, -0.2) is 4.98 Å². The van der Waals surface area contributed by atoms with Crippen LogP contribution in [0.1, 0.15) is 57.3 Å². The Kier molecular flexibility index (Phi) is 5.32. The summed E-state index contributed by atoms with van der Waals surface area (Å²) in [6.45, 7) is 3.94. The molecule has 2 aromatic heterocycles. The standard InChI is InChI=1S/C18H21N3OS2/c1-11-15(20-12(2)23-11)9-17(22)21-18-14(10-19)13-7-5-3-4-6-8-16(13)24-18/h3-9H2,1-2H3,(H,21,22). The van der Waals surface area contributed by atoms with Crippen LogP contribution >= 0.6 is 22.7 Å². The molecule has 0 aliphatic heterocycles. The van der Waals surface area contributed by atoms with Gasteiger partial charge in [0.05, 0.1) is 22.7 Å². The Labute approximate surface area is 150 Å². The van der Waals surface area contributed by atoms with Gasteiger partial charge >= 0.3 is 0 Å². The number of amides is 1. The largest absolute Gasteiger partial charge is 0.316 e. The van der Waals surface area contributed by atoms with Gasteiger partial charge in [-0.05, 0) is 45.1 Å². The average Bonchev–Trinajstić information content (AvgIpc) is 2.98. The second-order valence-corrected chi connectivity index (χ2v) is 8.71. The van der Waals surface area contributed by atoms with Crippen molar-refractivity contribution in [3.8, 4) is 6.07 Å². The fraction of sp³-hybridized carbons (Fsp3) is 0.500. The Morgan fingerprint density at radius 2 is 1.96 bits per heavy atom. The van der Waals surface area contributed by atoms with Crippen LogP contribution in [0.4, 0.5) is 5.00 Å². The van der Waals surface area contributed by atoms with Gasteiger partial charge in [0, 0.05) is 9.75 Å². The summed E-state index contributed by atoms with van der Waals surface area (Å²) in [5, 5.41) is 14.2. The predicted molar refractivity (Wildman–Crippen MR) is 98.8 cm³/mol. The van der Waals surface area contributed by atoms with Crippen molar-refractivity contribution in [2.24, 2.45) is 0 Å². The maximum Gasteiger partial charge on any atom is 0.231 e. The predicted octanol–water partition coefficient (Wildman–Crippen LogP) is 4.53. The number of nitrogens with zero attached hydrogens (tertiary/aromatic N) is 2. The average molecular weight is 360 g/mol. The highest BCUT2D eigenvalue weighted by Crippen LogP contribution is 2.36. The van der Waals surface area contributed by atoms with Crippen molar-refractivity contribution in [3.05, 3.63) is 31.6 Å². The van der Waals surface area contributed by atoms with E-state index in [1.165, 1.54) is 24.1 Å². The molecule has 0 saturated heterocycles. The van der Waals surface area contributed by atoms with Crippen LogP contribution in [0.2, 0.25) is 0 Å². The van der Waals surface area contributed by atoms with Crippen LogP contribution in [0, 0.1) is 25.2 Å². The first-order chi connectivity index (χ1) is 11.6. The normalized spacial score (nSPS) is 14.4. The first kappa shape index (κ1) is 17.1. The zero-order valence-electron chi connectivity index (χ0n) is 14.1. The Morgan fingerprint density at radius 1 is 1.21 bits per heavy atom. The van der Waals surface area contributed by atoms with Crippen molar-refractivity contribution in [1.29, 1.82) is 5.26 Å². The van der Waals surface area contributed by atoms with E-state index in [-0.39, 0.29) is 12.3 Å². The van der Waals surface area contributed by atoms with E-state index in [0.29, 0.717) is 5.56 Å². The number of nitrogens with one attached hydrogen (secondary N) is 1. The molecular formula is C18H21N3OS2. The van der Waals surface area contributed by atoms with Crippen molar-refractivity contribution >= 4 is 33.6 Å². The van der Waals surface area contributed by atoms with E-state index in [1.807, 2.05) is 13.8 Å². The van der Waals surface area contributed by atoms with E-state index >= 15 is 0 Å². The van der Waals surface area contributed by atoms with E-state index in [1.54, 1.807) is 22.7 Å². The quantitative estimate of drug-likeness (QED) is 0.875. The molecule has 0 saturated carbocycles. The summed E-state index contributed by atoms with van der Waals surface area (Å²) in [5.74, 6) is -0.0888. The molecule has 0 fully saturated rings. The smallest absolute Gasteiger partial charge is 0.231 e. The van der Waals surface area contributed by atoms with Gasteiger partial charge in [-0.1, -0.05) is 12.8 Å². The highest BCUT2D eigenvalue weighted by Gasteiger charge is 2.21. The number of fused-ring (bicyclic) bond motifs is 1. The number of anilines is 1. The molecule has 0 unspecified atom stereocenters. The van der Waals surface area contributed by atoms with Gasteiger partial charge in [0.2, 0.25) is 5.91 Å². The zero-order valence-corrected chi connectivity index (χ0v) is 15.7. The number of hydrogen-bond acceptors (Lipinski definition) is 5. The third-order valence-electron chi connectivity index (χ3n) is 4.36. The Balaban J connectivity index is 1.79. The molecule has 3 rings (SSSR count). The Bertz CT molecular complexity index is 798. The van der Waals surface area contributed by atoms with Crippen LogP contribution in [-0.4, -0.2) is 10.9 Å². The molecule has 2 heterocycles. The third-order valence-corrected chi connectivity index (χ3v) is 6.50. The molecule has 0 aromatic carbocycles. The first-order valence-electron chi connectivity index (χ1n) is 8.36. The topological polar surface area (TPSA) is 65.8 Å². The minimum Gasteiger partial charge on any atom is -0.316 e. The van der Waals surface area contributed by atoms with Gasteiger partial charge < -0.3 is 5.32 Å². The fourth-order valence-corrected chi connectivity index (χ4v) is 5.28. The van der Waals surface area contributed by atoms with Gasteiger partial charge in [-0.15, -0.1) is 22.7 Å². The lowest BCUT2D eigenvalue weighted by Crippen LogP contribution is -2.15. The van der Waals surface area contributed by atoms with Crippen LogP contribution in [0.5, 0.6) is 0 Å². The van der Waals surface area contributed by atoms with Crippen molar-refractivity contribution < 1.29 is 4.79 Å². The molecule has 0 atom stereocenters. The lowest BCUT2D eigenvalue weighted by Gasteiger charge is -2.08. The van der Waals surface area contributed by atoms with Crippen LogP contribution < -0.4 is 5.32 Å². The van der Waals surface area contributed by atoms with Crippen molar-refractivity contribution in [2.75, 3.05) is 5.32 Å². The van der Waals surface area contributed by atoms with Crippen LogP contribution in [0.15, 0.2) is 0 Å². The molecule has 1 aliphatic rings. The van der Waals surface area contributed by atoms with Gasteiger partial charge in [-0.2, -0.15) is 5.26 Å². The molecule has 0 bridgehead atoms. The summed E-state index contributed by atoms with van der Waals surface area (Å²) in [4.78, 5) is 19.2. The molecule has 0 radical (unpaired) electrons. The van der Waals surface area contributed by atoms with Gasteiger partial charge in [0.1, 0.15) is 11.1 Å². The second kappa shape index (κ2) is 7.45. The van der Waals surface area contributed by atoms with Crippen LogP contribution in [0.25, 0.3) is 0 Å². The van der Waals surface area contributed by atoms with E-state index in [0.717, 1.165) is 45.4 Å². The lowest BCUT2D eigenvalue weighted by molar-refractivity contribution is -0.115. The molecular weight excluding hydrogens is 338 g/mol. The number of carbonyl (C=O) groups is 1. The van der Waals surface area contributed by atoms with Crippen LogP contribution in [-0.2, 0) is 24.1 Å². The van der Waals surface area contributed by atoms with E-state index < -0.39 is 0 Å². The summed E-state index contributed by atoms with van der Waals surface area (Å²) in [5.41, 5.74) is 2.68. The van der Waals surface area contributed by atoms with Gasteiger partial charge in [-0.3, -0.25) is 4.79 Å². The van der Waals surface area contributed by atoms with Crippen molar-refractivity contribution in [1.82, 2.24) is 4.98 Å². The van der Waals surface area contributed by atoms with Crippen molar-refractivity contribution in [3.63, 3.8) is 0 Å². The maximum atomic E-state index is 12.4. The molecule has 4 nitrogen and oxygen atoms in total. The summed E-state index contributed by atoms with van der Waals surface area (Å²) < 4.78 is 0. The number of rotatable bonds is 3. The summed E-state index contributed by atoms with van der Waals surface area (Å²) >= 11 is 3.20. The number of nitriles is 1. The molecule has 6 heteroatoms. The fourth-order valence-electron chi connectivity index (χ4n) is 3.18. The Morgan fingerprint density at radius 3 is 2.62 bits per heavy atom. The van der Waals surface area contributed by atoms with Crippen LogP contribution in [0.3, 0.4) is 0 Å². The number of aryl methyl sites for hydroxylation is 3. The number of hydrogen-bond donors (Lipinski definition) is 1. The third kappa shape index (κ3) is 3.68. The highest BCUT2D eigenvalue weighted by atomic mass is 32.1. The lowest BCUT2D eigenvalue weighted by atomic mass is 9.97. The van der Waals surface area contributed by atoms with Crippen molar-refractivity contribution in [2.45, 2.75) is 58.8 Å². The minimum atomic E-state index is -0.0888.